The Morgan fingerprint density at radius 2 is 0.554 bits per heavy atom. The summed E-state index contributed by atoms with van der Waals surface area (Å²) in [5, 5.41) is 9.40. The average molecular weight is 966 g/mol. The fourth-order valence-corrected chi connectivity index (χ4v) is 11.7. The molecular formula is C67H63N7. The lowest BCUT2D eigenvalue weighted by Crippen LogP contribution is -2.11. The number of para-hydroxylation sites is 2. The molecule has 0 aliphatic carbocycles. The molecule has 0 saturated heterocycles. The van der Waals surface area contributed by atoms with Gasteiger partial charge in [-0.25, -0.2) is 9.97 Å². The van der Waals surface area contributed by atoms with Gasteiger partial charge in [0.1, 0.15) is 6.33 Å². The lowest BCUT2D eigenvalue weighted by molar-refractivity contribution is 0.591. The van der Waals surface area contributed by atoms with Gasteiger partial charge in [0.05, 0.1) is 44.1 Å². The summed E-state index contributed by atoms with van der Waals surface area (Å²) in [6.45, 7) is 27.5. The van der Waals surface area contributed by atoms with Crippen molar-refractivity contribution in [3.8, 4) is 23.3 Å². The zero-order chi connectivity index (χ0) is 51.4. The minimum absolute atomic E-state index is 0.0312. The van der Waals surface area contributed by atoms with Gasteiger partial charge in [-0.05, 0) is 117 Å². The maximum atomic E-state index is 5.70. The molecule has 13 rings (SSSR count). The third kappa shape index (κ3) is 6.88. The summed E-state index contributed by atoms with van der Waals surface area (Å²) in [4.78, 5) is 16.1. The van der Waals surface area contributed by atoms with Crippen molar-refractivity contribution in [1.82, 2.24) is 33.2 Å². The molecule has 5 heterocycles. The zero-order valence-corrected chi connectivity index (χ0v) is 44.7. The van der Waals surface area contributed by atoms with Gasteiger partial charge in [-0.15, -0.1) is 0 Å². The molecule has 0 radical (unpaired) electrons. The summed E-state index contributed by atoms with van der Waals surface area (Å²) in [5.41, 5.74) is 15.8. The number of hydrogen-bond acceptors (Lipinski definition) is 3. The summed E-state index contributed by atoms with van der Waals surface area (Å²) < 4.78 is 9.52. The Bertz CT molecular complexity index is 4150. The molecule has 366 valence electrons. The number of benzene rings is 8. The highest BCUT2D eigenvalue weighted by Gasteiger charge is 2.29. The Morgan fingerprint density at radius 3 is 0.838 bits per heavy atom. The lowest BCUT2D eigenvalue weighted by atomic mass is 9.86. The van der Waals surface area contributed by atoms with Crippen molar-refractivity contribution in [1.29, 1.82) is 0 Å². The molecule has 0 bridgehead atoms. The second-order valence-corrected chi connectivity index (χ2v) is 24.7. The molecule has 0 saturated carbocycles. The van der Waals surface area contributed by atoms with Gasteiger partial charge in [-0.1, -0.05) is 168 Å². The molecule has 74 heavy (non-hydrogen) atoms. The second-order valence-electron chi connectivity index (χ2n) is 24.7. The first kappa shape index (κ1) is 45.8. The molecule has 0 unspecified atom stereocenters. The van der Waals surface area contributed by atoms with Crippen LogP contribution in [0.15, 0.2) is 164 Å². The molecule has 5 aromatic heterocycles. The monoisotopic (exact) mass is 966 g/mol. The predicted octanol–water partition coefficient (Wildman–Crippen LogP) is 17.4. The largest absolute Gasteiger partial charge is 0.307 e. The molecule has 0 atom stereocenters. The van der Waals surface area contributed by atoms with Crippen LogP contribution in [0, 0.1) is 0 Å². The predicted molar refractivity (Wildman–Crippen MR) is 312 cm³/mol. The number of fused-ring (bicyclic) bond motifs is 14. The summed E-state index contributed by atoms with van der Waals surface area (Å²) in [6.07, 6.45) is 1.71. The van der Waals surface area contributed by atoms with Crippen molar-refractivity contribution in [2.45, 2.75) is 105 Å². The molecule has 8 aromatic carbocycles. The summed E-state index contributed by atoms with van der Waals surface area (Å²) >= 11 is 0. The van der Waals surface area contributed by atoms with Gasteiger partial charge in [0, 0.05) is 54.5 Å². The summed E-state index contributed by atoms with van der Waals surface area (Å²) in [5.74, 6) is 1.11. The highest BCUT2D eigenvalue weighted by molar-refractivity contribution is 6.25. The quantitative estimate of drug-likeness (QED) is 0.177. The number of nitrogens with zero attached hydrogens (tertiary/aromatic N) is 7. The standard InChI is InChI=1S/C67H63N7/c1-64(2,3)40-23-31-54-50(35-40)46-27-29-48-52-37-42(66(7,8)9)25-33-56(52)73(60(48)58(46)71(54)44-19-15-13-16-20-44)62-68-39-69-63(70-62)74-57-34-26-43(67(10,11)12)38-53(57)49-30-28-47-51-36-41(65(4,5)6)24-32-55(51)72(59(47)61(49)74)45-21-17-14-18-22-45/h13-39H,1-12H3. The highest BCUT2D eigenvalue weighted by Crippen LogP contribution is 2.46. The van der Waals surface area contributed by atoms with Gasteiger partial charge in [-0.2, -0.15) is 4.98 Å². The van der Waals surface area contributed by atoms with Crippen molar-refractivity contribution >= 4 is 87.2 Å². The second kappa shape index (κ2) is 15.7. The Morgan fingerprint density at radius 1 is 0.284 bits per heavy atom. The normalized spacial score (nSPS) is 13.1. The topological polar surface area (TPSA) is 58.4 Å². The van der Waals surface area contributed by atoms with E-state index in [-0.39, 0.29) is 21.7 Å². The first-order chi connectivity index (χ1) is 35.3. The molecule has 7 nitrogen and oxygen atoms in total. The van der Waals surface area contributed by atoms with Gasteiger partial charge in [0.2, 0.25) is 11.9 Å². The highest BCUT2D eigenvalue weighted by atomic mass is 15.3. The van der Waals surface area contributed by atoms with Crippen LogP contribution < -0.4 is 0 Å². The van der Waals surface area contributed by atoms with Crippen LogP contribution in [-0.4, -0.2) is 33.2 Å². The van der Waals surface area contributed by atoms with Crippen LogP contribution >= 0.6 is 0 Å². The number of aromatic nitrogens is 7. The molecule has 0 fully saturated rings. The van der Waals surface area contributed by atoms with Crippen LogP contribution in [-0.2, 0) is 21.7 Å². The lowest BCUT2D eigenvalue weighted by Gasteiger charge is -2.19. The van der Waals surface area contributed by atoms with Gasteiger partial charge in [0.15, 0.2) is 0 Å². The maximum Gasteiger partial charge on any atom is 0.239 e. The van der Waals surface area contributed by atoms with Gasteiger partial charge in [0.25, 0.3) is 0 Å². The van der Waals surface area contributed by atoms with E-state index in [2.05, 4.69) is 259 Å². The van der Waals surface area contributed by atoms with Crippen LogP contribution in [0.1, 0.15) is 105 Å². The molecule has 7 heteroatoms. The maximum absolute atomic E-state index is 5.70. The third-order valence-electron chi connectivity index (χ3n) is 15.7. The van der Waals surface area contributed by atoms with Crippen LogP contribution in [0.25, 0.3) is 110 Å². The Labute approximate surface area is 432 Å². The number of hydrogen-bond donors (Lipinski definition) is 0. The Hall–Kier alpha value is -8.03. The first-order valence-electron chi connectivity index (χ1n) is 26.2. The van der Waals surface area contributed by atoms with E-state index < -0.39 is 0 Å². The summed E-state index contributed by atoms with van der Waals surface area (Å²) in [6, 6.07) is 58.8. The van der Waals surface area contributed by atoms with Gasteiger partial charge in [-0.3, -0.25) is 9.13 Å². The van der Waals surface area contributed by atoms with E-state index in [0.717, 1.165) is 77.1 Å². The Kier molecular flexibility index (Phi) is 9.74. The first-order valence-corrected chi connectivity index (χ1v) is 26.2. The minimum atomic E-state index is -0.0689. The molecule has 0 aliphatic heterocycles. The fraction of sp³-hybridized carbons (Fsp3) is 0.239. The number of rotatable bonds is 4. The fourth-order valence-electron chi connectivity index (χ4n) is 11.7. The van der Waals surface area contributed by atoms with Gasteiger partial charge < -0.3 is 9.13 Å². The van der Waals surface area contributed by atoms with E-state index >= 15 is 0 Å². The Balaban J connectivity index is 1.18. The van der Waals surface area contributed by atoms with E-state index in [4.69, 9.17) is 15.0 Å². The molecule has 0 aliphatic rings. The zero-order valence-electron chi connectivity index (χ0n) is 44.7. The van der Waals surface area contributed by atoms with Crippen molar-refractivity contribution < 1.29 is 0 Å². The smallest absolute Gasteiger partial charge is 0.239 e. The van der Waals surface area contributed by atoms with Crippen LogP contribution in [0.4, 0.5) is 0 Å². The van der Waals surface area contributed by atoms with Crippen molar-refractivity contribution in [3.05, 3.63) is 186 Å². The molecule has 0 N–H and O–H groups in total. The SMILES string of the molecule is CC(C)(C)c1ccc2c(c1)c1ccc3c4cc(C(C)(C)C)ccc4n(-c4ncnc(-n5c6ccc(C(C)(C)C)cc6c6ccc7c8cc(C(C)(C)C)ccc8n(-c8ccccc8)c7c65)n4)c3c1n2-c1ccccc1. The molecular weight excluding hydrogens is 903 g/mol. The van der Waals surface area contributed by atoms with Crippen LogP contribution in [0.3, 0.4) is 0 Å². The van der Waals surface area contributed by atoms with Crippen molar-refractivity contribution in [3.63, 3.8) is 0 Å². The van der Waals surface area contributed by atoms with Gasteiger partial charge >= 0.3 is 0 Å². The molecule has 0 amide bonds. The van der Waals surface area contributed by atoms with E-state index in [1.165, 1.54) is 43.8 Å². The van der Waals surface area contributed by atoms with E-state index in [0.29, 0.717) is 11.9 Å². The van der Waals surface area contributed by atoms with E-state index in [1.807, 2.05) is 0 Å². The van der Waals surface area contributed by atoms with Crippen LogP contribution in [0.2, 0.25) is 0 Å². The van der Waals surface area contributed by atoms with Crippen molar-refractivity contribution in [2.24, 2.45) is 0 Å². The molecule has 13 aromatic rings. The summed E-state index contributed by atoms with van der Waals surface area (Å²) in [7, 11) is 0. The minimum Gasteiger partial charge on any atom is -0.307 e. The average Bonchev–Trinajstić information content (AvgIpc) is 4.18. The third-order valence-corrected chi connectivity index (χ3v) is 15.7. The van der Waals surface area contributed by atoms with E-state index in [9.17, 15) is 0 Å². The van der Waals surface area contributed by atoms with Crippen molar-refractivity contribution in [2.75, 3.05) is 0 Å². The molecule has 0 spiro atoms. The van der Waals surface area contributed by atoms with E-state index in [1.54, 1.807) is 6.33 Å². The van der Waals surface area contributed by atoms with Crippen LogP contribution in [0.5, 0.6) is 0 Å².